The molecule has 4 fully saturated rings. The number of carbonyl (C=O) groups excluding carboxylic acids is 1. The maximum absolute atomic E-state index is 12.9. The molecule has 5 nitrogen and oxygen atoms in total. The van der Waals surface area contributed by atoms with Crippen LogP contribution in [-0.2, 0) is 14.3 Å². The Hall–Kier alpha value is -0.650. The number of rotatable bonds is 5. The number of hydrogen-bond acceptors (Lipinski definition) is 4. The van der Waals surface area contributed by atoms with E-state index >= 15 is 0 Å². The first kappa shape index (κ1) is 15.9. The van der Waals surface area contributed by atoms with Gasteiger partial charge in [0.15, 0.2) is 5.60 Å². The van der Waals surface area contributed by atoms with E-state index in [2.05, 4.69) is 24.1 Å². The number of carbonyl (C=O) groups is 1. The van der Waals surface area contributed by atoms with Crippen LogP contribution in [-0.4, -0.2) is 62.4 Å². The zero-order chi connectivity index (χ0) is 16.1. The maximum atomic E-state index is 12.9. The second-order valence-corrected chi connectivity index (χ2v) is 8.37. The summed E-state index contributed by atoms with van der Waals surface area (Å²) in [6, 6.07) is 0. The molecule has 23 heavy (non-hydrogen) atoms. The van der Waals surface area contributed by atoms with E-state index in [0.29, 0.717) is 5.92 Å². The Morgan fingerprint density at radius 1 is 1.30 bits per heavy atom. The molecule has 0 aromatic rings. The van der Waals surface area contributed by atoms with Crippen molar-refractivity contribution in [3.8, 4) is 0 Å². The fourth-order valence-corrected chi connectivity index (χ4v) is 5.73. The molecule has 5 heteroatoms. The van der Waals surface area contributed by atoms with Gasteiger partial charge in [-0.2, -0.15) is 0 Å². The highest BCUT2D eigenvalue weighted by atomic mass is 16.5. The second-order valence-electron chi connectivity index (χ2n) is 8.37. The Labute approximate surface area is 139 Å². The normalized spacial score (nSPS) is 45.6. The first-order valence-electron chi connectivity index (χ1n) is 9.24. The van der Waals surface area contributed by atoms with Crippen molar-refractivity contribution in [2.24, 2.45) is 16.7 Å². The van der Waals surface area contributed by atoms with Gasteiger partial charge in [-0.25, -0.2) is 0 Å². The van der Waals surface area contributed by atoms with Gasteiger partial charge in [0.2, 0.25) is 0 Å². The minimum Gasteiger partial charge on any atom is -0.379 e. The van der Waals surface area contributed by atoms with Crippen LogP contribution in [0, 0.1) is 16.7 Å². The molecule has 130 valence electrons. The van der Waals surface area contributed by atoms with Gasteiger partial charge < -0.3 is 14.8 Å². The van der Waals surface area contributed by atoms with E-state index in [0.717, 1.165) is 65.3 Å². The van der Waals surface area contributed by atoms with Gasteiger partial charge in [-0.05, 0) is 38.1 Å². The van der Waals surface area contributed by atoms with Gasteiger partial charge >= 0.3 is 0 Å². The molecular weight excluding hydrogens is 292 g/mol. The third-order valence-corrected chi connectivity index (χ3v) is 7.61. The van der Waals surface area contributed by atoms with E-state index in [1.54, 1.807) is 0 Å². The van der Waals surface area contributed by atoms with Crippen LogP contribution in [0.25, 0.3) is 0 Å². The molecule has 2 saturated carbocycles. The summed E-state index contributed by atoms with van der Waals surface area (Å²) < 4.78 is 11.5. The molecule has 0 aromatic heterocycles. The fourth-order valence-electron chi connectivity index (χ4n) is 5.73. The summed E-state index contributed by atoms with van der Waals surface area (Å²) in [5.74, 6) is 0.813. The van der Waals surface area contributed by atoms with Crippen LogP contribution in [0.2, 0.25) is 0 Å². The van der Waals surface area contributed by atoms with Crippen LogP contribution in [0.3, 0.4) is 0 Å². The Morgan fingerprint density at radius 3 is 2.78 bits per heavy atom. The average Bonchev–Trinajstić information content (AvgIpc) is 3.04. The minimum absolute atomic E-state index is 0.0267. The number of morpholine rings is 1. The monoisotopic (exact) mass is 322 g/mol. The van der Waals surface area contributed by atoms with Crippen molar-refractivity contribution < 1.29 is 14.3 Å². The zero-order valence-corrected chi connectivity index (χ0v) is 14.5. The molecule has 4 atom stereocenters. The second kappa shape index (κ2) is 5.43. The van der Waals surface area contributed by atoms with Gasteiger partial charge in [0.25, 0.3) is 5.91 Å². The molecule has 2 aliphatic carbocycles. The summed E-state index contributed by atoms with van der Waals surface area (Å²) in [4.78, 5) is 15.4. The highest BCUT2D eigenvalue weighted by Gasteiger charge is 2.78. The topological polar surface area (TPSA) is 50.8 Å². The van der Waals surface area contributed by atoms with E-state index in [-0.39, 0.29) is 16.7 Å². The van der Waals surface area contributed by atoms with Crippen molar-refractivity contribution in [3.05, 3.63) is 0 Å². The lowest BCUT2D eigenvalue weighted by Crippen LogP contribution is -2.55. The van der Waals surface area contributed by atoms with Crippen LogP contribution >= 0.6 is 0 Å². The van der Waals surface area contributed by atoms with Crippen molar-refractivity contribution in [2.45, 2.75) is 45.1 Å². The van der Waals surface area contributed by atoms with E-state index in [4.69, 9.17) is 9.47 Å². The van der Waals surface area contributed by atoms with Gasteiger partial charge in [0.1, 0.15) is 0 Å². The molecule has 0 spiro atoms. The largest absolute Gasteiger partial charge is 0.379 e. The molecule has 2 heterocycles. The molecule has 1 amide bonds. The highest BCUT2D eigenvalue weighted by Crippen LogP contribution is 2.74. The Balaban J connectivity index is 1.32. The Bertz CT molecular complexity index is 493. The third kappa shape index (κ3) is 2.06. The third-order valence-electron chi connectivity index (χ3n) is 7.61. The van der Waals surface area contributed by atoms with Crippen LogP contribution in [0.4, 0.5) is 0 Å². The smallest absolute Gasteiger partial charge is 0.252 e. The van der Waals surface area contributed by atoms with E-state index < -0.39 is 5.60 Å². The van der Waals surface area contributed by atoms with E-state index in [1.165, 1.54) is 6.42 Å². The lowest BCUT2D eigenvalue weighted by Gasteiger charge is -2.40. The summed E-state index contributed by atoms with van der Waals surface area (Å²) in [5, 5.41) is 3.19. The summed E-state index contributed by atoms with van der Waals surface area (Å²) in [6.07, 6.45) is 4.33. The molecule has 2 aliphatic heterocycles. The molecule has 4 aliphatic rings. The van der Waals surface area contributed by atoms with Gasteiger partial charge in [0, 0.05) is 30.5 Å². The molecular formula is C18H30N2O3. The predicted octanol–water partition coefficient (Wildman–Crippen LogP) is 1.42. The molecule has 4 bridgehead atoms. The lowest BCUT2D eigenvalue weighted by molar-refractivity contribution is -0.155. The van der Waals surface area contributed by atoms with Crippen molar-refractivity contribution in [1.29, 1.82) is 0 Å². The first-order chi connectivity index (χ1) is 11.0. The van der Waals surface area contributed by atoms with Gasteiger partial charge in [-0.3, -0.25) is 9.69 Å². The average molecular weight is 322 g/mol. The van der Waals surface area contributed by atoms with Crippen molar-refractivity contribution >= 4 is 5.91 Å². The number of nitrogens with one attached hydrogen (secondary N) is 1. The Morgan fingerprint density at radius 2 is 2.09 bits per heavy atom. The number of amides is 1. The number of nitrogens with zero attached hydrogens (tertiary/aromatic N) is 1. The van der Waals surface area contributed by atoms with Gasteiger partial charge in [0.05, 0.1) is 19.8 Å². The first-order valence-corrected chi connectivity index (χ1v) is 9.24. The van der Waals surface area contributed by atoms with Crippen LogP contribution < -0.4 is 5.32 Å². The number of hydrogen-bond donors (Lipinski definition) is 1. The summed E-state index contributed by atoms with van der Waals surface area (Å²) in [7, 11) is 0. The van der Waals surface area contributed by atoms with Crippen LogP contribution in [0.15, 0.2) is 0 Å². The Kier molecular flexibility index (Phi) is 3.74. The van der Waals surface area contributed by atoms with E-state index in [9.17, 15) is 4.79 Å². The molecule has 4 unspecified atom stereocenters. The fraction of sp³-hybridized carbons (Fsp3) is 0.944. The molecule has 0 aromatic carbocycles. The van der Waals surface area contributed by atoms with Crippen molar-refractivity contribution in [3.63, 3.8) is 0 Å². The van der Waals surface area contributed by atoms with Crippen LogP contribution in [0.1, 0.15) is 39.5 Å². The lowest BCUT2D eigenvalue weighted by atomic mass is 9.66. The van der Waals surface area contributed by atoms with Gasteiger partial charge in [-0.1, -0.05) is 13.8 Å². The molecule has 0 radical (unpaired) electrons. The van der Waals surface area contributed by atoms with Crippen molar-refractivity contribution in [2.75, 3.05) is 46.0 Å². The van der Waals surface area contributed by atoms with Crippen molar-refractivity contribution in [1.82, 2.24) is 10.2 Å². The maximum Gasteiger partial charge on any atom is 0.252 e. The quantitative estimate of drug-likeness (QED) is 0.778. The van der Waals surface area contributed by atoms with Crippen LogP contribution in [0.5, 0.6) is 0 Å². The molecule has 1 N–H and O–H groups in total. The molecule has 4 rings (SSSR count). The van der Waals surface area contributed by atoms with E-state index in [1.807, 2.05) is 0 Å². The summed E-state index contributed by atoms with van der Waals surface area (Å²) >= 11 is 0. The summed E-state index contributed by atoms with van der Waals surface area (Å²) in [6.45, 7) is 10.9. The highest BCUT2D eigenvalue weighted by molar-refractivity contribution is 5.88. The standard InChI is InChI=1S/C18H30N2O3/c1-16-13-23-18(12-14(16)4-5-17(16,18)2)15(21)19-6-3-7-20-8-10-22-11-9-20/h14H,3-13H2,1-2H3,(H,19,21). The zero-order valence-electron chi connectivity index (χ0n) is 14.5. The minimum atomic E-state index is -0.552. The molecule has 2 saturated heterocycles. The predicted molar refractivity (Wildman–Crippen MR) is 87.1 cm³/mol. The number of ether oxygens (including phenoxy) is 2. The SMILES string of the molecule is CC12COC3(C(=O)NCCCN4CCOCC4)CC1CCC32C. The van der Waals surface area contributed by atoms with Gasteiger partial charge in [-0.15, -0.1) is 0 Å². The summed E-state index contributed by atoms with van der Waals surface area (Å²) in [5.41, 5.74) is -0.319.